The summed E-state index contributed by atoms with van der Waals surface area (Å²) in [6.45, 7) is 5.97. The van der Waals surface area contributed by atoms with Crippen LogP contribution in [-0.4, -0.2) is 25.3 Å². The van der Waals surface area contributed by atoms with Crippen molar-refractivity contribution in [3.63, 3.8) is 0 Å². The summed E-state index contributed by atoms with van der Waals surface area (Å²) in [4.78, 5) is 11.4. The molecular weight excluding hydrogens is 304 g/mol. The SMILES string of the molecule is COc1ccc(C(CC(=O)O)c2cc(C)c(C)c(OC)c2)cc1C. The van der Waals surface area contributed by atoms with Gasteiger partial charge in [-0.25, -0.2) is 0 Å². The molecule has 0 aliphatic heterocycles. The van der Waals surface area contributed by atoms with Crippen LogP contribution < -0.4 is 9.47 Å². The maximum atomic E-state index is 11.4. The van der Waals surface area contributed by atoms with Crippen molar-refractivity contribution in [2.75, 3.05) is 14.2 Å². The number of hydrogen-bond acceptors (Lipinski definition) is 3. The van der Waals surface area contributed by atoms with E-state index in [0.717, 1.165) is 39.3 Å². The van der Waals surface area contributed by atoms with Crippen LogP contribution in [0.4, 0.5) is 0 Å². The number of hydrogen-bond donors (Lipinski definition) is 1. The van der Waals surface area contributed by atoms with E-state index in [1.807, 2.05) is 51.1 Å². The van der Waals surface area contributed by atoms with Crippen molar-refractivity contribution in [1.82, 2.24) is 0 Å². The van der Waals surface area contributed by atoms with Crippen molar-refractivity contribution in [3.8, 4) is 11.5 Å². The topological polar surface area (TPSA) is 55.8 Å². The highest BCUT2D eigenvalue weighted by Crippen LogP contribution is 2.35. The summed E-state index contributed by atoms with van der Waals surface area (Å²) in [5, 5.41) is 9.37. The molecule has 0 saturated carbocycles. The van der Waals surface area contributed by atoms with Crippen LogP contribution in [0.15, 0.2) is 30.3 Å². The minimum absolute atomic E-state index is 0.0252. The van der Waals surface area contributed by atoms with E-state index in [4.69, 9.17) is 9.47 Å². The van der Waals surface area contributed by atoms with Gasteiger partial charge < -0.3 is 14.6 Å². The minimum atomic E-state index is -0.828. The fraction of sp³-hybridized carbons (Fsp3) is 0.350. The van der Waals surface area contributed by atoms with Crippen LogP contribution >= 0.6 is 0 Å². The van der Waals surface area contributed by atoms with Gasteiger partial charge in [0.2, 0.25) is 0 Å². The van der Waals surface area contributed by atoms with Crippen molar-refractivity contribution >= 4 is 5.97 Å². The summed E-state index contributed by atoms with van der Waals surface area (Å²) in [5.41, 5.74) is 5.05. The maximum Gasteiger partial charge on any atom is 0.304 e. The van der Waals surface area contributed by atoms with E-state index in [1.165, 1.54) is 0 Å². The third-order valence-electron chi connectivity index (χ3n) is 4.46. The van der Waals surface area contributed by atoms with E-state index in [-0.39, 0.29) is 12.3 Å². The highest BCUT2D eigenvalue weighted by Gasteiger charge is 2.21. The van der Waals surface area contributed by atoms with Crippen LogP contribution in [0.3, 0.4) is 0 Å². The lowest BCUT2D eigenvalue weighted by atomic mass is 9.86. The zero-order valence-corrected chi connectivity index (χ0v) is 14.8. The summed E-state index contributed by atoms with van der Waals surface area (Å²) in [5.74, 6) is 0.516. The second-order valence-corrected chi connectivity index (χ2v) is 6.04. The Bertz CT molecular complexity index is 750. The molecule has 0 spiro atoms. The van der Waals surface area contributed by atoms with Crippen LogP contribution in [0.2, 0.25) is 0 Å². The van der Waals surface area contributed by atoms with Crippen molar-refractivity contribution in [3.05, 3.63) is 58.1 Å². The average molecular weight is 328 g/mol. The van der Waals surface area contributed by atoms with E-state index in [9.17, 15) is 9.90 Å². The van der Waals surface area contributed by atoms with Crippen LogP contribution in [0.5, 0.6) is 11.5 Å². The monoisotopic (exact) mass is 328 g/mol. The fourth-order valence-corrected chi connectivity index (χ4v) is 2.99. The first-order valence-electron chi connectivity index (χ1n) is 7.88. The highest BCUT2D eigenvalue weighted by molar-refractivity contribution is 5.69. The molecule has 0 amide bonds. The maximum absolute atomic E-state index is 11.4. The van der Waals surface area contributed by atoms with Crippen LogP contribution in [0.1, 0.15) is 40.2 Å². The molecule has 24 heavy (non-hydrogen) atoms. The Balaban J connectivity index is 2.55. The number of benzene rings is 2. The van der Waals surface area contributed by atoms with E-state index in [2.05, 4.69) is 0 Å². The third-order valence-corrected chi connectivity index (χ3v) is 4.46. The van der Waals surface area contributed by atoms with Crippen molar-refractivity contribution in [2.24, 2.45) is 0 Å². The van der Waals surface area contributed by atoms with E-state index >= 15 is 0 Å². The first-order chi connectivity index (χ1) is 11.4. The summed E-state index contributed by atoms with van der Waals surface area (Å²) < 4.78 is 10.8. The number of aryl methyl sites for hydroxylation is 2. The first-order valence-corrected chi connectivity index (χ1v) is 7.88. The highest BCUT2D eigenvalue weighted by atomic mass is 16.5. The second kappa shape index (κ2) is 7.39. The number of ether oxygens (including phenoxy) is 2. The molecule has 0 aliphatic rings. The number of carboxylic acids is 1. The van der Waals surface area contributed by atoms with Crippen LogP contribution in [0, 0.1) is 20.8 Å². The van der Waals surface area contributed by atoms with E-state index in [1.54, 1.807) is 14.2 Å². The molecule has 0 saturated heterocycles. The molecule has 4 nitrogen and oxygen atoms in total. The van der Waals surface area contributed by atoms with Crippen molar-refractivity contribution < 1.29 is 19.4 Å². The molecule has 0 bridgehead atoms. The van der Waals surface area contributed by atoms with Gasteiger partial charge in [0.15, 0.2) is 0 Å². The summed E-state index contributed by atoms with van der Waals surface area (Å²) in [6.07, 6.45) is 0.0252. The van der Waals surface area contributed by atoms with Crippen molar-refractivity contribution in [1.29, 1.82) is 0 Å². The van der Waals surface area contributed by atoms with Gasteiger partial charge in [-0.3, -0.25) is 4.79 Å². The number of carbonyl (C=O) groups is 1. The van der Waals surface area contributed by atoms with Gasteiger partial charge in [0.25, 0.3) is 0 Å². The van der Waals surface area contributed by atoms with Crippen LogP contribution in [-0.2, 0) is 4.79 Å². The quantitative estimate of drug-likeness (QED) is 0.862. The molecular formula is C20H24O4. The Morgan fingerprint density at radius 1 is 0.958 bits per heavy atom. The minimum Gasteiger partial charge on any atom is -0.496 e. The van der Waals surface area contributed by atoms with Gasteiger partial charge in [0.1, 0.15) is 11.5 Å². The van der Waals surface area contributed by atoms with Gasteiger partial charge in [-0.2, -0.15) is 0 Å². The molecule has 1 atom stereocenters. The normalized spacial score (nSPS) is 11.9. The predicted octanol–water partition coefficient (Wildman–Crippen LogP) is 4.24. The molecule has 0 aliphatic carbocycles. The lowest BCUT2D eigenvalue weighted by Crippen LogP contribution is -2.09. The van der Waals surface area contributed by atoms with Gasteiger partial charge in [0.05, 0.1) is 20.6 Å². The standard InChI is InChI=1S/C20H24O4/c1-12-8-16(10-19(24-5)14(12)3)17(11-20(21)22)15-6-7-18(23-4)13(2)9-15/h6-10,17H,11H2,1-5H3,(H,21,22). The lowest BCUT2D eigenvalue weighted by molar-refractivity contribution is -0.137. The third kappa shape index (κ3) is 3.70. The van der Waals surface area contributed by atoms with Gasteiger partial charge in [-0.15, -0.1) is 0 Å². The Morgan fingerprint density at radius 2 is 1.58 bits per heavy atom. The van der Waals surface area contributed by atoms with Crippen LogP contribution in [0.25, 0.3) is 0 Å². The molecule has 0 fully saturated rings. The fourth-order valence-electron chi connectivity index (χ4n) is 2.99. The molecule has 2 aromatic carbocycles. The van der Waals surface area contributed by atoms with Gasteiger partial charge in [-0.05, 0) is 60.7 Å². The number of rotatable bonds is 6. The summed E-state index contributed by atoms with van der Waals surface area (Å²) in [6, 6.07) is 9.80. The molecule has 2 aromatic rings. The Kier molecular flexibility index (Phi) is 5.50. The zero-order valence-electron chi connectivity index (χ0n) is 14.8. The van der Waals surface area contributed by atoms with Gasteiger partial charge in [0, 0.05) is 5.92 Å². The predicted molar refractivity (Wildman–Crippen MR) is 94.3 cm³/mol. The lowest BCUT2D eigenvalue weighted by Gasteiger charge is -2.20. The number of methoxy groups -OCH3 is 2. The van der Waals surface area contributed by atoms with Crippen molar-refractivity contribution in [2.45, 2.75) is 33.1 Å². The molecule has 0 heterocycles. The smallest absolute Gasteiger partial charge is 0.304 e. The molecule has 1 N–H and O–H groups in total. The Labute approximate surface area is 143 Å². The van der Waals surface area contributed by atoms with Gasteiger partial charge >= 0.3 is 5.97 Å². The molecule has 2 rings (SSSR count). The Morgan fingerprint density at radius 3 is 2.12 bits per heavy atom. The zero-order chi connectivity index (χ0) is 17.9. The molecule has 1 unspecified atom stereocenters. The first kappa shape index (κ1) is 17.9. The van der Waals surface area contributed by atoms with Gasteiger partial charge in [-0.1, -0.05) is 18.2 Å². The Hall–Kier alpha value is -2.49. The summed E-state index contributed by atoms with van der Waals surface area (Å²) in [7, 11) is 3.26. The van der Waals surface area contributed by atoms with E-state index < -0.39 is 5.97 Å². The average Bonchev–Trinajstić information content (AvgIpc) is 2.54. The molecule has 4 heteroatoms. The molecule has 0 aromatic heterocycles. The number of aliphatic carboxylic acids is 1. The number of carboxylic acid groups (broad SMARTS) is 1. The van der Waals surface area contributed by atoms with E-state index in [0.29, 0.717) is 0 Å². The summed E-state index contributed by atoms with van der Waals surface area (Å²) >= 11 is 0. The largest absolute Gasteiger partial charge is 0.496 e. The second-order valence-electron chi connectivity index (χ2n) is 6.04. The molecule has 128 valence electrons. The molecule has 0 radical (unpaired) electrons.